The highest BCUT2D eigenvalue weighted by molar-refractivity contribution is 7.22. The van der Waals surface area contributed by atoms with Gasteiger partial charge in [-0.15, -0.1) is 0 Å². The molecule has 1 N–H and O–H groups in total. The summed E-state index contributed by atoms with van der Waals surface area (Å²) in [5.74, 6) is 2.34. The van der Waals surface area contributed by atoms with Gasteiger partial charge in [-0.25, -0.2) is 4.98 Å². The van der Waals surface area contributed by atoms with Gasteiger partial charge in [0.15, 0.2) is 28.1 Å². The fraction of sp³-hybridized carbons (Fsp3) is 0.176. The number of carbonyl (C=O) groups is 1. The molecule has 0 saturated carbocycles. The molecule has 8 heteroatoms. The molecule has 2 aromatic carbocycles. The smallest absolute Gasteiger partial charge is 0.257 e. The van der Waals surface area contributed by atoms with E-state index in [9.17, 15) is 4.79 Å². The molecule has 0 aliphatic carbocycles. The zero-order chi connectivity index (χ0) is 16.8. The fourth-order valence-electron chi connectivity index (χ4n) is 2.73. The van der Waals surface area contributed by atoms with Crippen molar-refractivity contribution in [3.05, 3.63) is 35.9 Å². The third kappa shape index (κ3) is 2.51. The molecule has 0 radical (unpaired) electrons. The Morgan fingerprint density at radius 2 is 1.72 bits per heavy atom. The first kappa shape index (κ1) is 14.4. The molecule has 0 atom stereocenters. The molecule has 0 fully saturated rings. The Labute approximate surface area is 146 Å². The van der Waals surface area contributed by atoms with Crippen LogP contribution < -0.4 is 24.3 Å². The quantitative estimate of drug-likeness (QED) is 0.760. The molecule has 126 valence electrons. The average Bonchev–Trinajstić information content (AvgIpc) is 3.24. The van der Waals surface area contributed by atoms with E-state index in [1.54, 1.807) is 18.2 Å². The predicted molar refractivity (Wildman–Crippen MR) is 91.1 cm³/mol. The summed E-state index contributed by atoms with van der Waals surface area (Å²) in [5.41, 5.74) is 1.24. The number of nitrogens with one attached hydrogen (secondary N) is 1. The molecule has 2 aliphatic rings. The highest BCUT2D eigenvalue weighted by Crippen LogP contribution is 2.38. The summed E-state index contributed by atoms with van der Waals surface area (Å²) in [4.78, 5) is 16.9. The lowest BCUT2D eigenvalue weighted by Crippen LogP contribution is -2.15. The van der Waals surface area contributed by atoms with Gasteiger partial charge < -0.3 is 18.9 Å². The van der Waals surface area contributed by atoms with Gasteiger partial charge in [0.05, 0.1) is 10.2 Å². The predicted octanol–water partition coefficient (Wildman–Crippen LogP) is 3.05. The van der Waals surface area contributed by atoms with E-state index in [1.807, 2.05) is 12.1 Å². The van der Waals surface area contributed by atoms with Crippen LogP contribution in [-0.2, 0) is 0 Å². The Balaban J connectivity index is 1.42. The lowest BCUT2D eigenvalue weighted by molar-refractivity contribution is 0.102. The molecule has 5 rings (SSSR count). The van der Waals surface area contributed by atoms with E-state index in [4.69, 9.17) is 18.9 Å². The Hall–Kier alpha value is -3.00. The summed E-state index contributed by atoms with van der Waals surface area (Å²) in [6.07, 6.45) is 0. The van der Waals surface area contributed by atoms with E-state index in [-0.39, 0.29) is 12.7 Å². The van der Waals surface area contributed by atoms with Crippen LogP contribution in [0.1, 0.15) is 10.4 Å². The molecule has 3 aromatic rings. The van der Waals surface area contributed by atoms with Crippen LogP contribution >= 0.6 is 11.3 Å². The number of fused-ring (bicyclic) bond motifs is 3. The molecule has 7 nitrogen and oxygen atoms in total. The number of carbonyl (C=O) groups excluding carboxylic acids is 1. The highest BCUT2D eigenvalue weighted by atomic mass is 32.1. The van der Waals surface area contributed by atoms with Crippen molar-refractivity contribution in [2.45, 2.75) is 0 Å². The van der Waals surface area contributed by atoms with Crippen molar-refractivity contribution in [2.24, 2.45) is 0 Å². The second-order valence-corrected chi connectivity index (χ2v) is 6.54. The lowest BCUT2D eigenvalue weighted by atomic mass is 10.2. The van der Waals surface area contributed by atoms with E-state index in [2.05, 4.69) is 10.3 Å². The number of aromatic nitrogens is 1. The summed E-state index contributed by atoms with van der Waals surface area (Å²) in [6.45, 7) is 1.23. The number of hydrogen-bond donors (Lipinski definition) is 1. The molecule has 1 amide bonds. The number of amides is 1. The van der Waals surface area contributed by atoms with Crippen molar-refractivity contribution >= 4 is 32.6 Å². The number of anilines is 1. The number of nitrogens with zero attached hydrogens (tertiary/aromatic N) is 1. The molecule has 1 aromatic heterocycles. The Morgan fingerprint density at radius 1 is 0.960 bits per heavy atom. The lowest BCUT2D eigenvalue weighted by Gasteiger charge is -2.17. The maximum atomic E-state index is 12.5. The van der Waals surface area contributed by atoms with Crippen LogP contribution in [-0.4, -0.2) is 30.9 Å². The Bertz CT molecular complexity index is 957. The SMILES string of the molecule is O=C(Nc1nc2cc3c(cc2s1)OCCO3)c1ccc2c(c1)OCO2. The number of ether oxygens (including phenoxy) is 4. The van der Waals surface area contributed by atoms with E-state index >= 15 is 0 Å². The third-order valence-corrected chi connectivity index (χ3v) is 4.84. The highest BCUT2D eigenvalue weighted by Gasteiger charge is 2.18. The first-order chi connectivity index (χ1) is 12.3. The van der Waals surface area contributed by atoms with Gasteiger partial charge in [0, 0.05) is 17.7 Å². The van der Waals surface area contributed by atoms with Crippen molar-refractivity contribution in [1.82, 2.24) is 4.98 Å². The Morgan fingerprint density at radius 3 is 2.60 bits per heavy atom. The van der Waals surface area contributed by atoms with Crippen LogP contribution in [0.2, 0.25) is 0 Å². The van der Waals surface area contributed by atoms with Gasteiger partial charge >= 0.3 is 0 Å². The van der Waals surface area contributed by atoms with Crippen molar-refractivity contribution in [3.63, 3.8) is 0 Å². The number of rotatable bonds is 2. The van der Waals surface area contributed by atoms with Crippen LogP contribution in [0.15, 0.2) is 30.3 Å². The van der Waals surface area contributed by atoms with Gasteiger partial charge in [-0.3, -0.25) is 10.1 Å². The third-order valence-electron chi connectivity index (χ3n) is 3.91. The van der Waals surface area contributed by atoms with E-state index < -0.39 is 0 Å². The second kappa shape index (κ2) is 5.52. The molecule has 3 heterocycles. The molecule has 0 bridgehead atoms. The second-order valence-electron chi connectivity index (χ2n) is 5.50. The van der Waals surface area contributed by atoms with Gasteiger partial charge in [0.25, 0.3) is 5.91 Å². The molecular formula is C17H12N2O5S. The first-order valence-corrected chi connectivity index (χ1v) is 8.49. The van der Waals surface area contributed by atoms with Gasteiger partial charge in [-0.1, -0.05) is 11.3 Å². The standard InChI is InChI=1S/C17H12N2O5S/c20-16(9-1-2-11-12(5-9)24-8-23-11)19-17-18-10-6-13-14(7-15(10)25-17)22-4-3-21-13/h1-2,5-7H,3-4,8H2,(H,18,19,20). The summed E-state index contributed by atoms with van der Waals surface area (Å²) in [5, 5.41) is 3.33. The summed E-state index contributed by atoms with van der Waals surface area (Å²) in [6, 6.07) is 8.79. The maximum absolute atomic E-state index is 12.5. The molecule has 0 saturated heterocycles. The van der Waals surface area contributed by atoms with E-state index in [1.165, 1.54) is 11.3 Å². The summed E-state index contributed by atoms with van der Waals surface area (Å²) in [7, 11) is 0. The van der Waals surface area contributed by atoms with Crippen molar-refractivity contribution in [3.8, 4) is 23.0 Å². The average molecular weight is 356 g/mol. The largest absolute Gasteiger partial charge is 0.486 e. The molecule has 0 spiro atoms. The number of thiazole rings is 1. The molecule has 2 aliphatic heterocycles. The summed E-state index contributed by atoms with van der Waals surface area (Å²) >= 11 is 1.38. The normalized spacial score (nSPS) is 14.6. The fourth-order valence-corrected chi connectivity index (χ4v) is 3.60. The zero-order valence-corrected chi connectivity index (χ0v) is 13.7. The minimum atomic E-state index is -0.255. The van der Waals surface area contributed by atoms with E-state index in [0.717, 1.165) is 10.2 Å². The van der Waals surface area contributed by atoms with Gasteiger partial charge in [0.1, 0.15) is 13.2 Å². The van der Waals surface area contributed by atoms with Crippen molar-refractivity contribution < 1.29 is 23.7 Å². The topological polar surface area (TPSA) is 78.9 Å². The molecular weight excluding hydrogens is 344 g/mol. The minimum absolute atomic E-state index is 0.174. The number of hydrogen-bond acceptors (Lipinski definition) is 7. The minimum Gasteiger partial charge on any atom is -0.486 e. The van der Waals surface area contributed by atoms with Crippen molar-refractivity contribution in [2.75, 3.05) is 25.3 Å². The van der Waals surface area contributed by atoms with Crippen LogP contribution in [0.25, 0.3) is 10.2 Å². The maximum Gasteiger partial charge on any atom is 0.257 e. The van der Waals surface area contributed by atoms with Crippen LogP contribution in [0.3, 0.4) is 0 Å². The summed E-state index contributed by atoms with van der Waals surface area (Å²) < 4.78 is 22.6. The van der Waals surface area contributed by atoms with E-state index in [0.29, 0.717) is 46.9 Å². The van der Waals surface area contributed by atoms with Crippen LogP contribution in [0.4, 0.5) is 5.13 Å². The number of benzene rings is 2. The first-order valence-electron chi connectivity index (χ1n) is 7.67. The molecule has 0 unspecified atom stereocenters. The van der Waals surface area contributed by atoms with Gasteiger partial charge in [0.2, 0.25) is 6.79 Å². The van der Waals surface area contributed by atoms with Gasteiger partial charge in [-0.2, -0.15) is 0 Å². The molecule has 25 heavy (non-hydrogen) atoms. The van der Waals surface area contributed by atoms with Crippen LogP contribution in [0.5, 0.6) is 23.0 Å². The van der Waals surface area contributed by atoms with Crippen molar-refractivity contribution in [1.29, 1.82) is 0 Å². The zero-order valence-electron chi connectivity index (χ0n) is 12.9. The monoisotopic (exact) mass is 356 g/mol. The Kier molecular flexibility index (Phi) is 3.17. The van der Waals surface area contributed by atoms with Crippen LogP contribution in [0, 0.1) is 0 Å². The van der Waals surface area contributed by atoms with Gasteiger partial charge in [-0.05, 0) is 18.2 Å².